The number of hydrogen-bond acceptors (Lipinski definition) is 2. The molecule has 1 saturated heterocycles. The van der Waals surface area contributed by atoms with Gasteiger partial charge in [0.2, 0.25) is 0 Å². The Morgan fingerprint density at radius 2 is 1.95 bits per heavy atom. The van der Waals surface area contributed by atoms with Crippen molar-refractivity contribution in [2.75, 3.05) is 18.5 Å². The fourth-order valence-electron chi connectivity index (χ4n) is 3.30. The molecular formula is C17H28N2. The maximum absolute atomic E-state index is 3.37. The van der Waals surface area contributed by atoms with Crippen LogP contribution < -0.4 is 10.2 Å². The van der Waals surface area contributed by atoms with E-state index in [9.17, 15) is 0 Å². The van der Waals surface area contributed by atoms with E-state index in [1.54, 1.807) is 0 Å². The molecule has 0 aliphatic carbocycles. The number of nitrogens with zero attached hydrogens (tertiary/aromatic N) is 1. The standard InChI is InChI=1S/C17H28N2/c1-5-17(18-4)15-6-8-16(9-7-15)19-11-10-13(2)12-14(19)3/h6-9,13-14,17-18H,5,10-12H2,1-4H3. The molecule has 2 heteroatoms. The van der Waals surface area contributed by atoms with Gasteiger partial charge in [-0.25, -0.2) is 0 Å². The second kappa shape index (κ2) is 6.42. The van der Waals surface area contributed by atoms with Gasteiger partial charge in [0.25, 0.3) is 0 Å². The number of rotatable bonds is 4. The average molecular weight is 260 g/mol. The van der Waals surface area contributed by atoms with Crippen molar-refractivity contribution in [3.8, 4) is 0 Å². The molecule has 2 rings (SSSR count). The smallest absolute Gasteiger partial charge is 0.0368 e. The van der Waals surface area contributed by atoms with Gasteiger partial charge in [0.1, 0.15) is 0 Å². The highest BCUT2D eigenvalue weighted by molar-refractivity contribution is 5.49. The Balaban J connectivity index is 2.09. The molecule has 0 bridgehead atoms. The fourth-order valence-corrected chi connectivity index (χ4v) is 3.30. The molecule has 19 heavy (non-hydrogen) atoms. The summed E-state index contributed by atoms with van der Waals surface area (Å²) in [5.41, 5.74) is 2.78. The van der Waals surface area contributed by atoms with Gasteiger partial charge in [-0.15, -0.1) is 0 Å². The van der Waals surface area contributed by atoms with Crippen LogP contribution in [0.25, 0.3) is 0 Å². The van der Waals surface area contributed by atoms with E-state index in [1.165, 1.54) is 30.6 Å². The van der Waals surface area contributed by atoms with Crippen LogP contribution in [0.3, 0.4) is 0 Å². The van der Waals surface area contributed by atoms with E-state index in [0.29, 0.717) is 12.1 Å². The minimum absolute atomic E-state index is 0.479. The van der Waals surface area contributed by atoms with Gasteiger partial charge in [-0.05, 0) is 56.8 Å². The van der Waals surface area contributed by atoms with Crippen molar-refractivity contribution >= 4 is 5.69 Å². The topological polar surface area (TPSA) is 15.3 Å². The molecule has 2 nitrogen and oxygen atoms in total. The van der Waals surface area contributed by atoms with Crippen molar-refractivity contribution in [3.05, 3.63) is 29.8 Å². The zero-order valence-corrected chi connectivity index (χ0v) is 12.8. The summed E-state index contributed by atoms with van der Waals surface area (Å²) in [4.78, 5) is 2.56. The van der Waals surface area contributed by atoms with Crippen molar-refractivity contribution < 1.29 is 0 Å². The Kier molecular flexibility index (Phi) is 4.87. The van der Waals surface area contributed by atoms with E-state index in [2.05, 4.69) is 55.3 Å². The van der Waals surface area contributed by atoms with Gasteiger partial charge in [-0.3, -0.25) is 0 Å². The third kappa shape index (κ3) is 3.30. The molecule has 1 aliphatic rings. The average Bonchev–Trinajstić information content (AvgIpc) is 2.41. The number of piperidine rings is 1. The first-order valence-electron chi connectivity index (χ1n) is 7.69. The predicted octanol–water partition coefficient (Wildman–Crippen LogP) is 3.98. The van der Waals surface area contributed by atoms with Gasteiger partial charge in [-0.2, -0.15) is 0 Å². The first kappa shape index (κ1) is 14.4. The first-order valence-corrected chi connectivity index (χ1v) is 7.69. The van der Waals surface area contributed by atoms with Crippen LogP contribution in [0.4, 0.5) is 5.69 Å². The molecule has 1 N–H and O–H groups in total. The number of nitrogens with one attached hydrogen (secondary N) is 1. The van der Waals surface area contributed by atoms with Gasteiger partial charge < -0.3 is 10.2 Å². The van der Waals surface area contributed by atoms with E-state index < -0.39 is 0 Å². The van der Waals surface area contributed by atoms with E-state index in [4.69, 9.17) is 0 Å². The summed E-state index contributed by atoms with van der Waals surface area (Å²) in [6.45, 7) is 8.15. The third-order valence-corrected chi connectivity index (χ3v) is 4.52. The summed E-state index contributed by atoms with van der Waals surface area (Å²) in [5.74, 6) is 0.874. The van der Waals surface area contributed by atoms with Crippen LogP contribution in [0, 0.1) is 5.92 Å². The summed E-state index contributed by atoms with van der Waals surface area (Å²) < 4.78 is 0. The molecule has 0 radical (unpaired) electrons. The Labute approximate surface area is 118 Å². The van der Waals surface area contributed by atoms with Crippen molar-refractivity contribution in [2.45, 2.75) is 52.1 Å². The van der Waals surface area contributed by atoms with E-state index >= 15 is 0 Å². The fraction of sp³-hybridized carbons (Fsp3) is 0.647. The van der Waals surface area contributed by atoms with Crippen molar-refractivity contribution in [1.29, 1.82) is 0 Å². The monoisotopic (exact) mass is 260 g/mol. The highest BCUT2D eigenvalue weighted by Gasteiger charge is 2.22. The summed E-state index contributed by atoms with van der Waals surface area (Å²) in [5, 5.41) is 3.37. The molecule has 1 fully saturated rings. The maximum atomic E-state index is 3.37. The van der Waals surface area contributed by atoms with Crippen molar-refractivity contribution in [1.82, 2.24) is 5.32 Å². The quantitative estimate of drug-likeness (QED) is 0.881. The molecule has 0 spiro atoms. The summed E-state index contributed by atoms with van der Waals surface area (Å²) in [7, 11) is 2.04. The van der Waals surface area contributed by atoms with Crippen LogP contribution in [0.5, 0.6) is 0 Å². The molecule has 0 aromatic heterocycles. The lowest BCUT2D eigenvalue weighted by molar-refractivity contribution is 0.378. The van der Waals surface area contributed by atoms with E-state index in [0.717, 1.165) is 12.3 Å². The zero-order valence-electron chi connectivity index (χ0n) is 12.8. The van der Waals surface area contributed by atoms with Crippen LogP contribution in [0.1, 0.15) is 51.6 Å². The second-order valence-electron chi connectivity index (χ2n) is 6.01. The largest absolute Gasteiger partial charge is 0.369 e. The first-order chi connectivity index (χ1) is 9.15. The van der Waals surface area contributed by atoms with Crippen LogP contribution in [-0.2, 0) is 0 Å². The molecule has 1 aliphatic heterocycles. The summed E-state index contributed by atoms with van der Waals surface area (Å²) in [6.07, 6.45) is 3.77. The lowest BCUT2D eigenvalue weighted by Gasteiger charge is -2.38. The minimum atomic E-state index is 0.479. The highest BCUT2D eigenvalue weighted by Crippen LogP contribution is 2.28. The minimum Gasteiger partial charge on any atom is -0.369 e. The number of anilines is 1. The van der Waals surface area contributed by atoms with Gasteiger partial charge >= 0.3 is 0 Å². The van der Waals surface area contributed by atoms with E-state index in [1.807, 2.05) is 7.05 Å². The number of hydrogen-bond donors (Lipinski definition) is 1. The molecule has 0 saturated carbocycles. The summed E-state index contributed by atoms with van der Waals surface area (Å²) in [6, 6.07) is 10.3. The Bertz CT molecular complexity index is 381. The summed E-state index contributed by atoms with van der Waals surface area (Å²) >= 11 is 0. The molecular weight excluding hydrogens is 232 g/mol. The van der Waals surface area contributed by atoms with Crippen molar-refractivity contribution in [2.24, 2.45) is 5.92 Å². The van der Waals surface area contributed by atoms with Gasteiger partial charge in [-0.1, -0.05) is 26.0 Å². The molecule has 3 unspecified atom stereocenters. The van der Waals surface area contributed by atoms with Crippen LogP contribution in [-0.4, -0.2) is 19.6 Å². The Morgan fingerprint density at radius 1 is 1.26 bits per heavy atom. The van der Waals surface area contributed by atoms with Crippen LogP contribution >= 0.6 is 0 Å². The van der Waals surface area contributed by atoms with Crippen molar-refractivity contribution in [3.63, 3.8) is 0 Å². The molecule has 0 amide bonds. The molecule has 106 valence electrons. The zero-order chi connectivity index (χ0) is 13.8. The molecule has 3 atom stereocenters. The second-order valence-corrected chi connectivity index (χ2v) is 6.01. The number of benzene rings is 1. The van der Waals surface area contributed by atoms with Gasteiger partial charge in [0, 0.05) is 24.3 Å². The van der Waals surface area contributed by atoms with E-state index in [-0.39, 0.29) is 0 Å². The molecule has 1 aromatic rings. The highest BCUT2D eigenvalue weighted by atomic mass is 15.2. The lowest BCUT2D eigenvalue weighted by atomic mass is 9.92. The SMILES string of the molecule is CCC(NC)c1ccc(N2CCC(C)CC2C)cc1. The maximum Gasteiger partial charge on any atom is 0.0368 e. The third-order valence-electron chi connectivity index (χ3n) is 4.52. The predicted molar refractivity (Wildman–Crippen MR) is 83.7 cm³/mol. The van der Waals surface area contributed by atoms with Gasteiger partial charge in [0.05, 0.1) is 0 Å². The molecule has 1 aromatic carbocycles. The Morgan fingerprint density at radius 3 is 2.47 bits per heavy atom. The normalized spacial score (nSPS) is 25.4. The van der Waals surface area contributed by atoms with Crippen LogP contribution in [0.2, 0.25) is 0 Å². The van der Waals surface area contributed by atoms with Gasteiger partial charge in [0.15, 0.2) is 0 Å². The van der Waals surface area contributed by atoms with Crippen LogP contribution in [0.15, 0.2) is 24.3 Å². The lowest BCUT2D eigenvalue weighted by Crippen LogP contribution is -2.40. The molecule has 1 heterocycles. The Hall–Kier alpha value is -1.02.